The van der Waals surface area contributed by atoms with Gasteiger partial charge < -0.3 is 9.32 Å². The molecule has 2 aromatic rings. The van der Waals surface area contributed by atoms with Gasteiger partial charge in [0.05, 0.1) is 6.21 Å². The highest BCUT2D eigenvalue weighted by atomic mass is 79.9. The molecular weight excluding hydrogens is 370 g/mol. The third-order valence-electron chi connectivity index (χ3n) is 3.42. The fourth-order valence-electron chi connectivity index (χ4n) is 2.34. The number of anilines is 1. The number of benzene rings is 1. The van der Waals surface area contributed by atoms with Crippen LogP contribution in [0.2, 0.25) is 0 Å². The first-order valence-electron chi connectivity index (χ1n) is 8.07. The Hall–Kier alpha value is -2.08. The van der Waals surface area contributed by atoms with Crippen LogP contribution in [0.25, 0.3) is 0 Å². The Morgan fingerprint density at radius 1 is 1.17 bits per heavy atom. The summed E-state index contributed by atoms with van der Waals surface area (Å²) in [6.07, 6.45) is 3.86. The van der Waals surface area contributed by atoms with Gasteiger partial charge in [-0.25, -0.2) is 5.43 Å². The lowest BCUT2D eigenvalue weighted by molar-refractivity contribution is 0.0926. The molecule has 6 heteroatoms. The number of furan rings is 1. The van der Waals surface area contributed by atoms with Crippen LogP contribution in [-0.2, 0) is 0 Å². The summed E-state index contributed by atoms with van der Waals surface area (Å²) in [6.45, 7) is 6.47. The van der Waals surface area contributed by atoms with Gasteiger partial charge >= 0.3 is 5.91 Å². The molecule has 0 saturated carbocycles. The molecule has 0 aliphatic carbocycles. The van der Waals surface area contributed by atoms with E-state index in [9.17, 15) is 4.79 Å². The van der Waals surface area contributed by atoms with E-state index in [1.165, 1.54) is 5.69 Å². The van der Waals surface area contributed by atoms with Gasteiger partial charge in [0.15, 0.2) is 10.4 Å². The van der Waals surface area contributed by atoms with E-state index in [4.69, 9.17) is 4.42 Å². The third-order valence-corrected chi connectivity index (χ3v) is 3.85. The van der Waals surface area contributed by atoms with Crippen molar-refractivity contribution >= 4 is 33.7 Å². The number of hydrogen-bond acceptors (Lipinski definition) is 4. The molecule has 0 bridgehead atoms. The lowest BCUT2D eigenvalue weighted by Crippen LogP contribution is -2.24. The van der Waals surface area contributed by atoms with Crippen LogP contribution in [0.15, 0.2) is 50.6 Å². The van der Waals surface area contributed by atoms with Crippen LogP contribution < -0.4 is 10.3 Å². The van der Waals surface area contributed by atoms with Crippen LogP contribution >= 0.6 is 15.9 Å². The summed E-state index contributed by atoms with van der Waals surface area (Å²) in [5.74, 6) is -0.171. The van der Waals surface area contributed by atoms with Gasteiger partial charge in [0.1, 0.15) is 0 Å². The number of nitrogens with zero attached hydrogens (tertiary/aromatic N) is 2. The molecule has 1 amide bonds. The van der Waals surface area contributed by atoms with Crippen molar-refractivity contribution < 1.29 is 9.21 Å². The van der Waals surface area contributed by atoms with E-state index in [1.807, 2.05) is 12.1 Å². The van der Waals surface area contributed by atoms with E-state index in [0.29, 0.717) is 4.67 Å². The number of amides is 1. The summed E-state index contributed by atoms with van der Waals surface area (Å²) in [7, 11) is 0. The Bertz CT molecular complexity index is 674. The molecule has 128 valence electrons. The highest BCUT2D eigenvalue weighted by Gasteiger charge is 2.08. The molecule has 0 unspecified atom stereocenters. The van der Waals surface area contributed by atoms with Gasteiger partial charge in [-0.05, 0) is 58.6 Å². The van der Waals surface area contributed by atoms with Crippen molar-refractivity contribution in [3.63, 3.8) is 0 Å². The second kappa shape index (κ2) is 9.27. The topological polar surface area (TPSA) is 57.8 Å². The van der Waals surface area contributed by atoms with E-state index >= 15 is 0 Å². The molecule has 0 saturated heterocycles. The quantitative estimate of drug-likeness (QED) is 0.534. The number of hydrogen-bond donors (Lipinski definition) is 1. The number of hydrazone groups is 1. The highest BCUT2D eigenvalue weighted by molar-refractivity contribution is 9.10. The first-order chi connectivity index (χ1) is 11.6. The Kier molecular flexibility index (Phi) is 7.06. The van der Waals surface area contributed by atoms with Crippen molar-refractivity contribution in [3.05, 3.63) is 52.4 Å². The number of halogens is 1. The molecule has 1 aromatic carbocycles. The number of rotatable bonds is 8. The van der Waals surface area contributed by atoms with Crippen LogP contribution in [0.5, 0.6) is 0 Å². The normalized spacial score (nSPS) is 11.0. The molecule has 5 nitrogen and oxygen atoms in total. The predicted molar refractivity (Wildman–Crippen MR) is 101 cm³/mol. The van der Waals surface area contributed by atoms with Crippen LogP contribution in [0, 0.1) is 0 Å². The summed E-state index contributed by atoms with van der Waals surface area (Å²) >= 11 is 3.16. The molecule has 1 aromatic heterocycles. The van der Waals surface area contributed by atoms with Crippen LogP contribution in [0.3, 0.4) is 0 Å². The summed E-state index contributed by atoms with van der Waals surface area (Å²) < 4.78 is 5.67. The number of nitrogens with one attached hydrogen (secondary N) is 1. The standard InChI is InChI=1S/C18H22BrN3O2/c1-3-11-22(12-4-2)15-7-5-14(6-8-15)13-20-21-18(23)16-9-10-17(19)24-16/h5-10,13H,3-4,11-12H2,1-2H3,(H,21,23)/b20-13+. The molecule has 0 atom stereocenters. The zero-order chi connectivity index (χ0) is 17.4. The summed E-state index contributed by atoms with van der Waals surface area (Å²) in [5, 5.41) is 3.96. The van der Waals surface area contributed by atoms with Gasteiger partial charge in [-0.3, -0.25) is 4.79 Å². The van der Waals surface area contributed by atoms with Gasteiger partial charge in [-0.15, -0.1) is 0 Å². The average molecular weight is 392 g/mol. The maximum absolute atomic E-state index is 11.8. The fourth-order valence-corrected chi connectivity index (χ4v) is 2.64. The molecular formula is C18H22BrN3O2. The molecule has 0 aliphatic rings. The third kappa shape index (κ3) is 5.23. The van der Waals surface area contributed by atoms with Crippen molar-refractivity contribution in [3.8, 4) is 0 Å². The Balaban J connectivity index is 1.94. The molecule has 1 heterocycles. The zero-order valence-corrected chi connectivity index (χ0v) is 15.5. The van der Waals surface area contributed by atoms with Crippen LogP contribution in [-0.4, -0.2) is 25.2 Å². The van der Waals surface area contributed by atoms with Crippen molar-refractivity contribution in [2.45, 2.75) is 26.7 Å². The second-order valence-corrected chi connectivity index (χ2v) is 6.16. The minimum absolute atomic E-state index is 0.212. The first kappa shape index (κ1) is 18.3. The molecule has 0 radical (unpaired) electrons. The molecule has 24 heavy (non-hydrogen) atoms. The molecule has 0 aliphatic heterocycles. The molecule has 2 rings (SSSR count). The Morgan fingerprint density at radius 2 is 1.83 bits per heavy atom. The van der Waals surface area contributed by atoms with Gasteiger partial charge in [0, 0.05) is 18.8 Å². The van der Waals surface area contributed by atoms with E-state index in [1.54, 1.807) is 18.3 Å². The number of carbonyl (C=O) groups is 1. The maximum Gasteiger partial charge on any atom is 0.307 e. The minimum Gasteiger partial charge on any atom is -0.444 e. The lowest BCUT2D eigenvalue weighted by Gasteiger charge is -2.23. The van der Waals surface area contributed by atoms with Gasteiger partial charge in [-0.2, -0.15) is 5.10 Å². The van der Waals surface area contributed by atoms with Gasteiger partial charge in [0.25, 0.3) is 0 Å². The van der Waals surface area contributed by atoms with Crippen LogP contribution in [0.1, 0.15) is 42.8 Å². The van der Waals surface area contributed by atoms with Gasteiger partial charge in [0.2, 0.25) is 0 Å². The van der Waals surface area contributed by atoms with E-state index in [-0.39, 0.29) is 11.7 Å². The monoisotopic (exact) mass is 391 g/mol. The van der Waals surface area contributed by atoms with Gasteiger partial charge in [-0.1, -0.05) is 26.0 Å². The summed E-state index contributed by atoms with van der Waals surface area (Å²) in [4.78, 5) is 14.2. The fraction of sp³-hybridized carbons (Fsp3) is 0.333. The first-order valence-corrected chi connectivity index (χ1v) is 8.87. The zero-order valence-electron chi connectivity index (χ0n) is 14.0. The van der Waals surface area contributed by atoms with Crippen molar-refractivity contribution in [2.24, 2.45) is 5.10 Å². The SMILES string of the molecule is CCCN(CCC)c1ccc(/C=N/NC(=O)c2ccc(Br)o2)cc1. The second-order valence-electron chi connectivity index (χ2n) is 5.38. The predicted octanol–water partition coefficient (Wildman–Crippen LogP) is 4.43. The van der Waals surface area contributed by atoms with Crippen molar-refractivity contribution in [1.29, 1.82) is 0 Å². The largest absolute Gasteiger partial charge is 0.444 e. The lowest BCUT2D eigenvalue weighted by atomic mass is 10.2. The molecule has 1 N–H and O–H groups in total. The van der Waals surface area contributed by atoms with Crippen LogP contribution in [0.4, 0.5) is 5.69 Å². The Labute approximate surface area is 150 Å². The van der Waals surface area contributed by atoms with E-state index in [0.717, 1.165) is 31.5 Å². The van der Waals surface area contributed by atoms with E-state index in [2.05, 4.69) is 57.3 Å². The van der Waals surface area contributed by atoms with Crippen molar-refractivity contribution in [1.82, 2.24) is 5.43 Å². The molecule has 0 fully saturated rings. The number of carbonyl (C=O) groups excluding carboxylic acids is 1. The summed E-state index contributed by atoms with van der Waals surface area (Å²) in [5.41, 5.74) is 4.58. The highest BCUT2D eigenvalue weighted by Crippen LogP contribution is 2.16. The minimum atomic E-state index is -0.384. The molecule has 0 spiro atoms. The smallest absolute Gasteiger partial charge is 0.307 e. The van der Waals surface area contributed by atoms with E-state index < -0.39 is 0 Å². The Morgan fingerprint density at radius 3 is 2.38 bits per heavy atom. The summed E-state index contributed by atoms with van der Waals surface area (Å²) in [6, 6.07) is 11.4. The maximum atomic E-state index is 11.8. The van der Waals surface area contributed by atoms with Crippen molar-refractivity contribution in [2.75, 3.05) is 18.0 Å². The average Bonchev–Trinajstić information content (AvgIpc) is 3.02.